The normalized spacial score (nSPS) is 26.2. The quantitative estimate of drug-likeness (QED) is 0.901. The predicted molar refractivity (Wildman–Crippen MR) is 84.8 cm³/mol. The maximum Gasteiger partial charge on any atom is 0.241 e. The molecule has 21 heavy (non-hydrogen) atoms. The fourth-order valence-electron chi connectivity index (χ4n) is 3.33. The largest absolute Gasteiger partial charge is 0.321 e. The van der Waals surface area contributed by atoms with Gasteiger partial charge in [-0.2, -0.15) is 0 Å². The topological polar surface area (TPSA) is 32.3 Å². The van der Waals surface area contributed by atoms with Crippen molar-refractivity contribution in [3.05, 3.63) is 35.4 Å². The number of hydrogen-bond donors (Lipinski definition) is 1. The standard InChI is InChI=1S/C18H26N2O/c1-3-13-8-10-15(11-9-13)17-19-16(4-2)18(21)20(17)12-14-6-5-7-14/h8-11,14,16-17,19H,3-7,12H2,1-2H3. The first-order chi connectivity index (χ1) is 10.2. The fraction of sp³-hybridized carbons (Fsp3) is 0.611. The Hall–Kier alpha value is -1.35. The number of hydrogen-bond acceptors (Lipinski definition) is 2. The molecule has 1 aliphatic carbocycles. The van der Waals surface area contributed by atoms with Gasteiger partial charge in [0.25, 0.3) is 0 Å². The van der Waals surface area contributed by atoms with Crippen LogP contribution in [0.25, 0.3) is 0 Å². The third-order valence-corrected chi connectivity index (χ3v) is 5.04. The molecule has 0 radical (unpaired) electrons. The average Bonchev–Trinajstić information content (AvgIpc) is 2.79. The van der Waals surface area contributed by atoms with E-state index in [1.54, 1.807) is 0 Å². The Bertz CT molecular complexity index is 492. The van der Waals surface area contributed by atoms with E-state index in [9.17, 15) is 4.79 Å². The molecular formula is C18H26N2O. The summed E-state index contributed by atoms with van der Waals surface area (Å²) in [5.74, 6) is 0.998. The van der Waals surface area contributed by atoms with Gasteiger partial charge in [-0.15, -0.1) is 0 Å². The second-order valence-electron chi connectivity index (χ2n) is 6.41. The number of rotatable bonds is 5. The van der Waals surface area contributed by atoms with Gasteiger partial charge in [0.05, 0.1) is 6.04 Å². The lowest BCUT2D eigenvalue weighted by atomic mass is 9.85. The second kappa shape index (κ2) is 6.18. The average molecular weight is 286 g/mol. The second-order valence-corrected chi connectivity index (χ2v) is 6.41. The highest BCUT2D eigenvalue weighted by Crippen LogP contribution is 2.33. The Kier molecular flexibility index (Phi) is 4.29. The zero-order chi connectivity index (χ0) is 14.8. The van der Waals surface area contributed by atoms with Gasteiger partial charge in [-0.1, -0.05) is 44.5 Å². The van der Waals surface area contributed by atoms with Crippen molar-refractivity contribution in [2.45, 2.75) is 58.2 Å². The van der Waals surface area contributed by atoms with Gasteiger partial charge in [0.2, 0.25) is 5.91 Å². The fourth-order valence-corrected chi connectivity index (χ4v) is 3.33. The summed E-state index contributed by atoms with van der Waals surface area (Å²) in [4.78, 5) is 14.7. The molecule has 1 N–H and O–H groups in total. The van der Waals surface area contributed by atoms with Gasteiger partial charge in [-0.3, -0.25) is 10.1 Å². The van der Waals surface area contributed by atoms with Crippen LogP contribution in [-0.2, 0) is 11.2 Å². The molecule has 0 spiro atoms. The van der Waals surface area contributed by atoms with Gasteiger partial charge in [0.1, 0.15) is 6.17 Å². The minimum Gasteiger partial charge on any atom is -0.321 e. The van der Waals surface area contributed by atoms with E-state index in [1.807, 2.05) is 0 Å². The zero-order valence-corrected chi connectivity index (χ0v) is 13.1. The predicted octanol–water partition coefficient (Wildman–Crippen LogP) is 3.26. The van der Waals surface area contributed by atoms with Crippen LogP contribution in [0.1, 0.15) is 56.8 Å². The van der Waals surface area contributed by atoms with E-state index in [0.717, 1.165) is 19.4 Å². The maximum atomic E-state index is 12.6. The maximum absolute atomic E-state index is 12.6. The lowest BCUT2D eigenvalue weighted by Crippen LogP contribution is -2.37. The highest BCUT2D eigenvalue weighted by molar-refractivity contribution is 5.84. The number of carbonyl (C=O) groups excluding carboxylic acids is 1. The first kappa shape index (κ1) is 14.6. The molecular weight excluding hydrogens is 260 g/mol. The van der Waals surface area contributed by atoms with Crippen molar-refractivity contribution in [2.75, 3.05) is 6.54 Å². The van der Waals surface area contributed by atoms with Crippen molar-refractivity contribution in [2.24, 2.45) is 5.92 Å². The summed E-state index contributed by atoms with van der Waals surface area (Å²) in [5.41, 5.74) is 2.57. The Morgan fingerprint density at radius 1 is 1.19 bits per heavy atom. The third-order valence-electron chi connectivity index (χ3n) is 5.04. The summed E-state index contributed by atoms with van der Waals surface area (Å²) in [6.07, 6.45) is 5.87. The summed E-state index contributed by atoms with van der Waals surface area (Å²) in [5, 5.41) is 3.52. The number of nitrogens with one attached hydrogen (secondary N) is 1. The molecule has 3 nitrogen and oxygen atoms in total. The smallest absolute Gasteiger partial charge is 0.241 e. The first-order valence-electron chi connectivity index (χ1n) is 8.38. The van der Waals surface area contributed by atoms with Gasteiger partial charge in [-0.25, -0.2) is 0 Å². The van der Waals surface area contributed by atoms with Crippen LogP contribution in [0, 0.1) is 5.92 Å². The van der Waals surface area contributed by atoms with E-state index in [0.29, 0.717) is 5.92 Å². The van der Waals surface area contributed by atoms with Crippen molar-refractivity contribution in [3.63, 3.8) is 0 Å². The monoisotopic (exact) mass is 286 g/mol. The van der Waals surface area contributed by atoms with E-state index in [1.165, 1.54) is 30.4 Å². The molecule has 0 aromatic heterocycles. The van der Waals surface area contributed by atoms with Gasteiger partial charge < -0.3 is 4.90 Å². The Labute approximate surface area is 127 Å². The van der Waals surface area contributed by atoms with E-state index < -0.39 is 0 Å². The van der Waals surface area contributed by atoms with Crippen LogP contribution < -0.4 is 5.32 Å². The van der Waals surface area contributed by atoms with Crippen LogP contribution in [-0.4, -0.2) is 23.4 Å². The van der Waals surface area contributed by atoms with Crippen molar-refractivity contribution in [1.82, 2.24) is 10.2 Å². The van der Waals surface area contributed by atoms with Crippen molar-refractivity contribution in [3.8, 4) is 0 Å². The molecule has 1 aliphatic heterocycles. The van der Waals surface area contributed by atoms with Crippen LogP contribution in [0.15, 0.2) is 24.3 Å². The SMILES string of the molecule is CCc1ccc(C2NC(CC)C(=O)N2CC2CCC2)cc1. The Morgan fingerprint density at radius 2 is 1.90 bits per heavy atom. The lowest BCUT2D eigenvalue weighted by molar-refractivity contribution is -0.131. The molecule has 2 unspecified atom stereocenters. The molecule has 0 bridgehead atoms. The molecule has 1 aromatic rings. The molecule has 114 valence electrons. The minimum atomic E-state index is -0.0130. The Morgan fingerprint density at radius 3 is 2.43 bits per heavy atom. The molecule has 3 heteroatoms. The van der Waals surface area contributed by atoms with Gasteiger partial charge in [0, 0.05) is 6.54 Å². The van der Waals surface area contributed by atoms with Crippen LogP contribution in [0.2, 0.25) is 0 Å². The van der Waals surface area contributed by atoms with Crippen molar-refractivity contribution < 1.29 is 4.79 Å². The molecule has 1 saturated carbocycles. The number of benzene rings is 1. The summed E-state index contributed by atoms with van der Waals surface area (Å²) in [6, 6.07) is 8.70. The molecule has 1 aromatic carbocycles. The van der Waals surface area contributed by atoms with Gasteiger partial charge in [0.15, 0.2) is 0 Å². The molecule has 2 fully saturated rings. The van der Waals surface area contributed by atoms with Gasteiger partial charge in [-0.05, 0) is 42.7 Å². The summed E-state index contributed by atoms with van der Waals surface area (Å²) in [7, 11) is 0. The lowest BCUT2D eigenvalue weighted by Gasteiger charge is -2.33. The number of nitrogens with zero attached hydrogens (tertiary/aromatic N) is 1. The number of carbonyl (C=O) groups is 1. The first-order valence-corrected chi connectivity index (χ1v) is 8.38. The summed E-state index contributed by atoms with van der Waals surface area (Å²) >= 11 is 0. The molecule has 2 aliphatic rings. The van der Waals surface area contributed by atoms with Crippen LogP contribution in [0.4, 0.5) is 0 Å². The minimum absolute atomic E-state index is 0.0130. The van der Waals surface area contributed by atoms with E-state index in [-0.39, 0.29) is 18.1 Å². The van der Waals surface area contributed by atoms with E-state index in [2.05, 4.69) is 48.3 Å². The van der Waals surface area contributed by atoms with Crippen molar-refractivity contribution in [1.29, 1.82) is 0 Å². The molecule has 1 heterocycles. The highest BCUT2D eigenvalue weighted by Gasteiger charge is 2.40. The van der Waals surface area contributed by atoms with Crippen LogP contribution in [0.5, 0.6) is 0 Å². The van der Waals surface area contributed by atoms with Crippen molar-refractivity contribution >= 4 is 5.91 Å². The third kappa shape index (κ3) is 2.84. The highest BCUT2D eigenvalue weighted by atomic mass is 16.2. The van der Waals surface area contributed by atoms with Crippen LogP contribution >= 0.6 is 0 Å². The van der Waals surface area contributed by atoms with E-state index in [4.69, 9.17) is 0 Å². The zero-order valence-electron chi connectivity index (χ0n) is 13.1. The molecule has 1 saturated heterocycles. The molecule has 1 amide bonds. The number of amides is 1. The Balaban J connectivity index is 1.80. The number of aryl methyl sites for hydroxylation is 1. The van der Waals surface area contributed by atoms with Gasteiger partial charge >= 0.3 is 0 Å². The molecule has 3 rings (SSSR count). The molecule has 2 atom stereocenters. The van der Waals surface area contributed by atoms with E-state index >= 15 is 0 Å². The summed E-state index contributed by atoms with van der Waals surface area (Å²) < 4.78 is 0. The summed E-state index contributed by atoms with van der Waals surface area (Å²) in [6.45, 7) is 5.17. The van der Waals surface area contributed by atoms with Crippen LogP contribution in [0.3, 0.4) is 0 Å².